The topological polar surface area (TPSA) is 49.6 Å². The van der Waals surface area contributed by atoms with E-state index in [1.54, 1.807) is 0 Å². The van der Waals surface area contributed by atoms with Crippen molar-refractivity contribution in [3.05, 3.63) is 59.5 Å². The van der Waals surface area contributed by atoms with Crippen LogP contribution in [-0.4, -0.2) is 28.4 Å². The Kier molecular flexibility index (Phi) is 4.74. The Bertz CT molecular complexity index is 892. The molecule has 0 unspecified atom stereocenters. The smallest absolute Gasteiger partial charge is 0.274 e. The highest BCUT2D eigenvalue weighted by molar-refractivity contribution is 6.04. The molecule has 1 N–H and O–H groups in total. The van der Waals surface area contributed by atoms with Gasteiger partial charge in [0, 0.05) is 30.7 Å². The fraction of sp³-hybridized carbons (Fsp3) is 0.300. The Morgan fingerprint density at radius 1 is 1.12 bits per heavy atom. The van der Waals surface area contributed by atoms with E-state index < -0.39 is 0 Å². The van der Waals surface area contributed by atoms with Gasteiger partial charge in [-0.1, -0.05) is 0 Å². The number of nitrogens with zero attached hydrogens (tertiary/aromatic N) is 3. The molecule has 0 atom stereocenters. The van der Waals surface area contributed by atoms with Gasteiger partial charge in [-0.3, -0.25) is 9.20 Å². The van der Waals surface area contributed by atoms with E-state index in [1.165, 1.54) is 0 Å². The summed E-state index contributed by atoms with van der Waals surface area (Å²) in [5.74, 6) is -0.149. The zero-order valence-electron chi connectivity index (χ0n) is 15.2. The molecule has 3 rings (SSSR count). The van der Waals surface area contributed by atoms with Crippen LogP contribution < -0.4 is 10.2 Å². The third kappa shape index (κ3) is 3.36. The Morgan fingerprint density at radius 3 is 2.44 bits per heavy atom. The van der Waals surface area contributed by atoms with Crippen LogP contribution in [0.1, 0.15) is 35.6 Å². The van der Waals surface area contributed by atoms with Gasteiger partial charge in [-0.15, -0.1) is 0 Å². The number of amides is 1. The highest BCUT2D eigenvalue weighted by atomic mass is 16.2. The minimum atomic E-state index is -0.149. The molecule has 25 heavy (non-hydrogen) atoms. The molecule has 2 heterocycles. The van der Waals surface area contributed by atoms with Crippen molar-refractivity contribution < 1.29 is 4.79 Å². The lowest BCUT2D eigenvalue weighted by Gasteiger charge is -2.21. The van der Waals surface area contributed by atoms with Crippen LogP contribution in [0.2, 0.25) is 0 Å². The van der Waals surface area contributed by atoms with Crippen molar-refractivity contribution >= 4 is 22.9 Å². The molecule has 130 valence electrons. The summed E-state index contributed by atoms with van der Waals surface area (Å²) in [5, 5.41) is 2.98. The summed E-state index contributed by atoms with van der Waals surface area (Å²) in [6.45, 7) is 10.1. The fourth-order valence-corrected chi connectivity index (χ4v) is 3.07. The molecule has 5 nitrogen and oxygen atoms in total. The van der Waals surface area contributed by atoms with Crippen molar-refractivity contribution in [1.29, 1.82) is 0 Å². The summed E-state index contributed by atoms with van der Waals surface area (Å²) >= 11 is 0. The minimum absolute atomic E-state index is 0.149. The lowest BCUT2D eigenvalue weighted by molar-refractivity contribution is 0.102. The second-order valence-electron chi connectivity index (χ2n) is 6.15. The lowest BCUT2D eigenvalue weighted by Crippen LogP contribution is -2.21. The molecule has 3 aromatic rings. The van der Waals surface area contributed by atoms with Crippen molar-refractivity contribution in [2.75, 3.05) is 23.3 Å². The second kappa shape index (κ2) is 6.97. The summed E-state index contributed by atoms with van der Waals surface area (Å²) < 4.78 is 1.84. The molecule has 0 fully saturated rings. The largest absolute Gasteiger partial charge is 0.372 e. The average molecular weight is 336 g/mol. The molecule has 0 spiro atoms. The van der Waals surface area contributed by atoms with Crippen LogP contribution in [0.15, 0.2) is 42.6 Å². The van der Waals surface area contributed by atoms with Crippen molar-refractivity contribution in [1.82, 2.24) is 9.38 Å². The molecule has 1 aromatic carbocycles. The van der Waals surface area contributed by atoms with E-state index in [4.69, 9.17) is 0 Å². The van der Waals surface area contributed by atoms with E-state index in [9.17, 15) is 4.79 Å². The summed E-state index contributed by atoms with van der Waals surface area (Å²) in [7, 11) is 0. The van der Waals surface area contributed by atoms with Crippen LogP contribution >= 0.6 is 0 Å². The number of rotatable bonds is 5. The third-order valence-electron chi connectivity index (χ3n) is 4.42. The van der Waals surface area contributed by atoms with Gasteiger partial charge in [0.25, 0.3) is 5.91 Å². The highest BCUT2D eigenvalue weighted by Crippen LogP contribution is 2.20. The first-order valence-corrected chi connectivity index (χ1v) is 8.65. The van der Waals surface area contributed by atoms with Gasteiger partial charge in [-0.25, -0.2) is 4.98 Å². The fourth-order valence-electron chi connectivity index (χ4n) is 3.07. The quantitative estimate of drug-likeness (QED) is 0.765. The Morgan fingerprint density at radius 2 is 1.80 bits per heavy atom. The zero-order chi connectivity index (χ0) is 18.0. The van der Waals surface area contributed by atoms with Crippen LogP contribution in [0.25, 0.3) is 5.65 Å². The number of pyridine rings is 1. The molecular weight excluding hydrogens is 312 g/mol. The number of nitrogens with one attached hydrogen (secondary N) is 1. The SMILES string of the molecule is CCN(CC)c1ccc(NC(=O)c2c(C)nc3cc(C)ccn23)cc1. The van der Waals surface area contributed by atoms with Crippen molar-refractivity contribution in [3.8, 4) is 0 Å². The first-order chi connectivity index (χ1) is 12.0. The zero-order valence-corrected chi connectivity index (χ0v) is 15.2. The van der Waals surface area contributed by atoms with E-state index >= 15 is 0 Å². The molecule has 5 heteroatoms. The maximum absolute atomic E-state index is 12.7. The van der Waals surface area contributed by atoms with Gasteiger partial charge >= 0.3 is 0 Å². The normalized spacial score (nSPS) is 10.9. The van der Waals surface area contributed by atoms with Gasteiger partial charge in [0.1, 0.15) is 11.3 Å². The van der Waals surface area contributed by atoms with Gasteiger partial charge in [-0.05, 0) is 69.7 Å². The standard InChI is InChI=1S/C20H24N4O/c1-5-23(6-2)17-9-7-16(8-10-17)22-20(25)19-15(4)21-18-13-14(3)11-12-24(18)19/h7-13H,5-6H2,1-4H3,(H,22,25). The molecule has 0 aliphatic carbocycles. The summed E-state index contributed by atoms with van der Waals surface area (Å²) in [6.07, 6.45) is 1.89. The maximum Gasteiger partial charge on any atom is 0.274 e. The molecule has 0 saturated heterocycles. The van der Waals surface area contributed by atoms with Crippen LogP contribution in [0.3, 0.4) is 0 Å². The van der Waals surface area contributed by atoms with Crippen molar-refractivity contribution in [2.24, 2.45) is 0 Å². The lowest BCUT2D eigenvalue weighted by atomic mass is 10.2. The molecule has 0 aliphatic heterocycles. The summed E-state index contributed by atoms with van der Waals surface area (Å²) in [5.41, 5.74) is 5.15. The minimum Gasteiger partial charge on any atom is -0.372 e. The molecule has 1 amide bonds. The number of aryl methyl sites for hydroxylation is 2. The average Bonchev–Trinajstić information content (AvgIpc) is 2.92. The predicted octanol–water partition coefficient (Wildman–Crippen LogP) is 4.05. The Balaban J connectivity index is 1.84. The van der Waals surface area contributed by atoms with E-state index in [2.05, 4.69) is 29.0 Å². The second-order valence-corrected chi connectivity index (χ2v) is 6.15. The maximum atomic E-state index is 12.7. The van der Waals surface area contributed by atoms with E-state index in [0.29, 0.717) is 5.69 Å². The molecule has 0 saturated carbocycles. The van der Waals surface area contributed by atoms with Gasteiger partial charge in [0.15, 0.2) is 0 Å². The van der Waals surface area contributed by atoms with Gasteiger partial charge in [0.2, 0.25) is 0 Å². The number of benzene rings is 1. The first-order valence-electron chi connectivity index (χ1n) is 8.65. The monoisotopic (exact) mass is 336 g/mol. The van der Waals surface area contributed by atoms with Gasteiger partial charge in [0.05, 0.1) is 5.69 Å². The number of carbonyl (C=O) groups excluding carboxylic acids is 1. The number of hydrogen-bond acceptors (Lipinski definition) is 3. The van der Waals surface area contributed by atoms with Crippen LogP contribution in [0.4, 0.5) is 11.4 Å². The number of anilines is 2. The molecule has 0 radical (unpaired) electrons. The highest BCUT2D eigenvalue weighted by Gasteiger charge is 2.16. The number of aromatic nitrogens is 2. The van der Waals surface area contributed by atoms with E-state index in [0.717, 1.165) is 41.4 Å². The van der Waals surface area contributed by atoms with Gasteiger partial charge < -0.3 is 10.2 Å². The van der Waals surface area contributed by atoms with Crippen LogP contribution in [0.5, 0.6) is 0 Å². The Hall–Kier alpha value is -2.82. The van der Waals surface area contributed by atoms with E-state index in [1.807, 2.05) is 60.8 Å². The summed E-state index contributed by atoms with van der Waals surface area (Å²) in [4.78, 5) is 19.5. The molecular formula is C20H24N4O. The van der Waals surface area contributed by atoms with E-state index in [-0.39, 0.29) is 5.91 Å². The number of carbonyl (C=O) groups is 1. The molecule has 0 bridgehead atoms. The van der Waals surface area contributed by atoms with Crippen molar-refractivity contribution in [2.45, 2.75) is 27.7 Å². The third-order valence-corrected chi connectivity index (χ3v) is 4.42. The van der Waals surface area contributed by atoms with Crippen molar-refractivity contribution in [3.63, 3.8) is 0 Å². The first kappa shape index (κ1) is 17.0. The van der Waals surface area contributed by atoms with Gasteiger partial charge in [-0.2, -0.15) is 0 Å². The molecule has 0 aliphatic rings. The predicted molar refractivity (Wildman–Crippen MR) is 103 cm³/mol. The number of fused-ring (bicyclic) bond motifs is 1. The summed E-state index contributed by atoms with van der Waals surface area (Å²) in [6, 6.07) is 11.9. The van der Waals surface area contributed by atoms with Crippen LogP contribution in [0, 0.1) is 13.8 Å². The van der Waals surface area contributed by atoms with Crippen LogP contribution in [-0.2, 0) is 0 Å². The number of hydrogen-bond donors (Lipinski definition) is 1. The molecule has 2 aromatic heterocycles. The number of imidazole rings is 1. The Labute approximate surface area is 148 Å².